The molecule has 124 valence electrons. The van der Waals surface area contributed by atoms with Crippen LogP contribution in [0, 0.1) is 11.6 Å². The summed E-state index contributed by atoms with van der Waals surface area (Å²) in [6.07, 6.45) is 1.30. The maximum Gasteiger partial charge on any atom is 0.303 e. The quantitative estimate of drug-likeness (QED) is 0.716. The van der Waals surface area contributed by atoms with Gasteiger partial charge in [0.05, 0.1) is 6.54 Å². The van der Waals surface area contributed by atoms with Crippen LogP contribution in [-0.2, 0) is 9.59 Å². The predicted molar refractivity (Wildman–Crippen MR) is 81.2 cm³/mol. The summed E-state index contributed by atoms with van der Waals surface area (Å²) < 4.78 is 25.9. The van der Waals surface area contributed by atoms with E-state index in [0.29, 0.717) is 19.4 Å². The topological polar surface area (TPSA) is 69.6 Å². The summed E-state index contributed by atoms with van der Waals surface area (Å²) in [6, 6.07) is 2.80. The molecule has 0 saturated carbocycles. The zero-order chi connectivity index (χ0) is 15.8. The fourth-order valence-electron chi connectivity index (χ4n) is 1.81. The van der Waals surface area contributed by atoms with Gasteiger partial charge >= 0.3 is 5.97 Å². The van der Waals surface area contributed by atoms with E-state index in [0.717, 1.165) is 18.2 Å². The normalized spacial score (nSPS) is 10.2. The first-order valence-corrected chi connectivity index (χ1v) is 6.53. The number of nitrogens with zero attached hydrogens (tertiary/aromatic N) is 1. The van der Waals surface area contributed by atoms with Crippen molar-refractivity contribution >= 4 is 30.0 Å². The number of carboxylic acids is 1. The molecule has 2 N–H and O–H groups in total. The Labute approximate surface area is 133 Å². The van der Waals surface area contributed by atoms with Crippen LogP contribution in [0.4, 0.5) is 14.5 Å². The van der Waals surface area contributed by atoms with Gasteiger partial charge < -0.3 is 10.4 Å². The van der Waals surface area contributed by atoms with Crippen LogP contribution >= 0.6 is 12.4 Å². The summed E-state index contributed by atoms with van der Waals surface area (Å²) in [5.74, 6) is -2.75. The zero-order valence-corrected chi connectivity index (χ0v) is 13.0. The van der Waals surface area contributed by atoms with Gasteiger partial charge in [-0.1, -0.05) is 0 Å². The Morgan fingerprint density at radius 2 is 1.77 bits per heavy atom. The average molecular weight is 337 g/mol. The molecule has 1 aromatic carbocycles. The molecule has 0 bridgehead atoms. The van der Waals surface area contributed by atoms with Crippen molar-refractivity contribution in [1.29, 1.82) is 0 Å². The third-order valence-electron chi connectivity index (χ3n) is 2.74. The smallest absolute Gasteiger partial charge is 0.303 e. The largest absolute Gasteiger partial charge is 0.481 e. The predicted octanol–water partition coefficient (Wildman–Crippen LogP) is 2.51. The van der Waals surface area contributed by atoms with Crippen molar-refractivity contribution in [2.75, 3.05) is 25.5 Å². The third-order valence-corrected chi connectivity index (χ3v) is 2.74. The molecule has 5 nitrogen and oxygen atoms in total. The van der Waals surface area contributed by atoms with Crippen molar-refractivity contribution in [3.63, 3.8) is 0 Å². The van der Waals surface area contributed by atoms with Gasteiger partial charge in [-0.15, -0.1) is 12.4 Å². The van der Waals surface area contributed by atoms with Crippen molar-refractivity contribution in [3.05, 3.63) is 29.8 Å². The van der Waals surface area contributed by atoms with Gasteiger partial charge in [0.25, 0.3) is 0 Å². The Bertz CT molecular complexity index is 495. The fraction of sp³-hybridized carbons (Fsp3) is 0.429. The first-order chi connectivity index (χ1) is 9.86. The van der Waals surface area contributed by atoms with E-state index >= 15 is 0 Å². The van der Waals surface area contributed by atoms with Crippen LogP contribution in [0.1, 0.15) is 19.3 Å². The molecule has 1 amide bonds. The number of carbonyl (C=O) groups is 2. The van der Waals surface area contributed by atoms with Crippen LogP contribution in [0.5, 0.6) is 0 Å². The summed E-state index contributed by atoms with van der Waals surface area (Å²) in [5, 5.41) is 10.9. The number of anilines is 1. The molecule has 1 rings (SSSR count). The average Bonchev–Trinajstić information content (AvgIpc) is 2.32. The molecule has 0 saturated heterocycles. The van der Waals surface area contributed by atoms with Gasteiger partial charge in [0.1, 0.15) is 11.6 Å². The van der Waals surface area contributed by atoms with E-state index in [1.165, 1.54) is 0 Å². The number of carbonyl (C=O) groups excluding carboxylic acids is 1. The second-order valence-electron chi connectivity index (χ2n) is 4.79. The summed E-state index contributed by atoms with van der Waals surface area (Å²) in [6.45, 7) is 0.628. The highest BCUT2D eigenvalue weighted by Gasteiger charge is 2.08. The number of unbranched alkanes of at least 4 members (excludes halogenated alkanes) is 1. The molecular weight excluding hydrogens is 318 g/mol. The van der Waals surface area contributed by atoms with Gasteiger partial charge in [0.2, 0.25) is 5.91 Å². The van der Waals surface area contributed by atoms with Crippen molar-refractivity contribution in [1.82, 2.24) is 4.90 Å². The number of amides is 1. The molecule has 0 radical (unpaired) electrons. The minimum Gasteiger partial charge on any atom is -0.481 e. The lowest BCUT2D eigenvalue weighted by molar-refractivity contribution is -0.137. The number of nitrogens with one attached hydrogen (secondary N) is 1. The zero-order valence-electron chi connectivity index (χ0n) is 12.1. The lowest BCUT2D eigenvalue weighted by Crippen LogP contribution is -2.31. The van der Waals surface area contributed by atoms with E-state index < -0.39 is 17.6 Å². The molecule has 0 spiro atoms. The van der Waals surface area contributed by atoms with Gasteiger partial charge in [-0.05, 0) is 38.6 Å². The van der Waals surface area contributed by atoms with Crippen molar-refractivity contribution in [2.24, 2.45) is 0 Å². The maximum atomic E-state index is 13.0. The number of likely N-dealkylation sites (N-methyl/N-ethyl adjacent to an activating group) is 1. The molecule has 0 aromatic heterocycles. The molecule has 0 aliphatic rings. The molecule has 22 heavy (non-hydrogen) atoms. The van der Waals surface area contributed by atoms with Gasteiger partial charge in [-0.2, -0.15) is 0 Å². The first kappa shape index (κ1) is 20.3. The number of rotatable bonds is 8. The number of halogens is 3. The van der Waals surface area contributed by atoms with E-state index in [1.54, 1.807) is 11.9 Å². The van der Waals surface area contributed by atoms with Crippen LogP contribution in [0.15, 0.2) is 18.2 Å². The molecule has 0 fully saturated rings. The van der Waals surface area contributed by atoms with Crippen LogP contribution in [0.2, 0.25) is 0 Å². The molecule has 0 heterocycles. The second kappa shape index (κ2) is 10.1. The van der Waals surface area contributed by atoms with Gasteiger partial charge in [0.15, 0.2) is 0 Å². The highest BCUT2D eigenvalue weighted by atomic mass is 35.5. The Balaban J connectivity index is 0.00000441. The lowest BCUT2D eigenvalue weighted by atomic mass is 10.2. The SMILES string of the molecule is CN(CCCCC(=O)O)CC(=O)Nc1cc(F)cc(F)c1.Cl. The summed E-state index contributed by atoms with van der Waals surface area (Å²) in [7, 11) is 1.71. The van der Waals surface area contributed by atoms with Crippen LogP contribution in [0.3, 0.4) is 0 Å². The Kier molecular flexibility index (Phi) is 9.28. The number of hydrogen-bond donors (Lipinski definition) is 2. The van der Waals surface area contributed by atoms with Crippen LogP contribution < -0.4 is 5.32 Å². The van der Waals surface area contributed by atoms with E-state index in [4.69, 9.17) is 5.11 Å². The summed E-state index contributed by atoms with van der Waals surface area (Å²) in [4.78, 5) is 23.8. The van der Waals surface area contributed by atoms with E-state index in [-0.39, 0.29) is 37.0 Å². The number of benzene rings is 1. The Morgan fingerprint density at radius 1 is 1.18 bits per heavy atom. The molecule has 8 heteroatoms. The second-order valence-corrected chi connectivity index (χ2v) is 4.79. The van der Waals surface area contributed by atoms with Crippen LogP contribution in [-0.4, -0.2) is 42.0 Å². The van der Waals surface area contributed by atoms with Gasteiger partial charge in [0, 0.05) is 18.2 Å². The van der Waals surface area contributed by atoms with Crippen molar-refractivity contribution in [2.45, 2.75) is 19.3 Å². The number of aliphatic carboxylic acids is 1. The minimum atomic E-state index is -0.844. The third kappa shape index (κ3) is 8.53. The van der Waals surface area contributed by atoms with Gasteiger partial charge in [-0.3, -0.25) is 14.5 Å². The summed E-state index contributed by atoms with van der Waals surface area (Å²) >= 11 is 0. The van der Waals surface area contributed by atoms with E-state index in [2.05, 4.69) is 5.32 Å². The first-order valence-electron chi connectivity index (χ1n) is 6.53. The molecule has 0 aliphatic heterocycles. The Hall–Kier alpha value is -1.73. The molecule has 0 unspecified atom stereocenters. The van der Waals surface area contributed by atoms with E-state index in [1.807, 2.05) is 0 Å². The van der Waals surface area contributed by atoms with E-state index in [9.17, 15) is 18.4 Å². The Morgan fingerprint density at radius 3 is 2.32 bits per heavy atom. The van der Waals surface area contributed by atoms with Crippen molar-refractivity contribution in [3.8, 4) is 0 Å². The number of hydrogen-bond acceptors (Lipinski definition) is 3. The lowest BCUT2D eigenvalue weighted by Gasteiger charge is -2.16. The summed E-state index contributed by atoms with van der Waals surface area (Å²) in [5.41, 5.74) is 0.0665. The van der Waals surface area contributed by atoms with Crippen LogP contribution in [0.25, 0.3) is 0 Å². The monoisotopic (exact) mass is 336 g/mol. The molecular formula is C14H19ClF2N2O3. The number of carboxylic acid groups (broad SMARTS) is 1. The molecule has 0 aliphatic carbocycles. The molecule has 1 aromatic rings. The maximum absolute atomic E-state index is 13.0. The molecule has 0 atom stereocenters. The van der Waals surface area contributed by atoms with Gasteiger partial charge in [-0.25, -0.2) is 8.78 Å². The standard InChI is InChI=1S/C14H18F2N2O3.ClH/c1-18(5-3-2-4-14(20)21)9-13(19)17-12-7-10(15)6-11(16)8-12;/h6-8H,2-5,9H2,1H3,(H,17,19)(H,20,21);1H. The fourth-order valence-corrected chi connectivity index (χ4v) is 1.81. The highest BCUT2D eigenvalue weighted by Crippen LogP contribution is 2.12. The highest BCUT2D eigenvalue weighted by molar-refractivity contribution is 5.92. The van der Waals surface area contributed by atoms with Crippen molar-refractivity contribution < 1.29 is 23.5 Å². The minimum absolute atomic E-state index is 0.